The predicted molar refractivity (Wildman–Crippen MR) is 104 cm³/mol. The number of halogens is 1. The number of likely N-dealkylation sites (tertiary alicyclic amines) is 1. The molecule has 0 saturated carbocycles. The zero-order valence-corrected chi connectivity index (χ0v) is 15.9. The SMILES string of the molecule is C=C(I)/C=C(\NC(=O)c1ccccc1)C(=O)N1CCC(C(N)=O)CC1. The van der Waals surface area contributed by atoms with Gasteiger partial charge in [-0.2, -0.15) is 0 Å². The van der Waals surface area contributed by atoms with Crippen LogP contribution >= 0.6 is 22.6 Å². The summed E-state index contributed by atoms with van der Waals surface area (Å²) in [5.74, 6) is -1.18. The molecule has 1 saturated heterocycles. The Bertz CT molecular complexity index is 708. The lowest BCUT2D eigenvalue weighted by molar-refractivity contribution is -0.131. The number of carbonyl (C=O) groups excluding carboxylic acids is 3. The minimum atomic E-state index is -0.357. The first kappa shape index (κ1) is 19.2. The first-order valence-electron chi connectivity index (χ1n) is 7.89. The van der Waals surface area contributed by atoms with E-state index in [4.69, 9.17) is 5.73 Å². The van der Waals surface area contributed by atoms with E-state index in [1.165, 1.54) is 0 Å². The molecule has 1 aliphatic rings. The molecule has 2 rings (SSSR count). The summed E-state index contributed by atoms with van der Waals surface area (Å²) in [6.45, 7) is 4.62. The van der Waals surface area contributed by atoms with Gasteiger partial charge in [-0.05, 0) is 53.6 Å². The van der Waals surface area contributed by atoms with Crippen molar-refractivity contribution < 1.29 is 14.4 Å². The number of nitrogens with one attached hydrogen (secondary N) is 1. The molecule has 0 bridgehead atoms. The van der Waals surface area contributed by atoms with Crippen molar-refractivity contribution in [3.8, 4) is 0 Å². The molecule has 1 heterocycles. The number of benzene rings is 1. The van der Waals surface area contributed by atoms with Crippen LogP contribution in [0, 0.1) is 5.92 Å². The van der Waals surface area contributed by atoms with Gasteiger partial charge in [0, 0.05) is 28.2 Å². The zero-order valence-electron chi connectivity index (χ0n) is 13.7. The highest BCUT2D eigenvalue weighted by atomic mass is 127. The molecule has 3 N–H and O–H groups in total. The Kier molecular flexibility index (Phi) is 6.74. The molecule has 0 atom stereocenters. The third kappa shape index (κ3) is 5.42. The van der Waals surface area contributed by atoms with Crippen molar-refractivity contribution >= 4 is 40.3 Å². The van der Waals surface area contributed by atoms with Gasteiger partial charge in [-0.25, -0.2) is 0 Å². The van der Waals surface area contributed by atoms with Gasteiger partial charge in [0.1, 0.15) is 5.70 Å². The summed E-state index contributed by atoms with van der Waals surface area (Å²) in [6, 6.07) is 8.68. The molecule has 1 fully saturated rings. The molecule has 0 unspecified atom stereocenters. The standard InChI is InChI=1S/C18H20IN3O3/c1-12(19)11-15(21-17(24)14-5-3-2-4-6-14)18(25)22-9-7-13(8-10-22)16(20)23/h2-6,11,13H,1,7-10H2,(H2,20,23)(H,21,24)/b15-11-. The smallest absolute Gasteiger partial charge is 0.270 e. The molecule has 6 nitrogen and oxygen atoms in total. The van der Waals surface area contributed by atoms with Gasteiger partial charge < -0.3 is 16.0 Å². The molecule has 0 aromatic heterocycles. The highest BCUT2D eigenvalue weighted by molar-refractivity contribution is 14.1. The number of carbonyl (C=O) groups is 3. The number of nitrogens with zero attached hydrogens (tertiary/aromatic N) is 1. The first-order valence-corrected chi connectivity index (χ1v) is 8.97. The van der Waals surface area contributed by atoms with Crippen LogP contribution in [0.25, 0.3) is 0 Å². The van der Waals surface area contributed by atoms with Crippen LogP contribution in [0.3, 0.4) is 0 Å². The summed E-state index contributed by atoms with van der Waals surface area (Å²) < 4.78 is 0.626. The highest BCUT2D eigenvalue weighted by Crippen LogP contribution is 2.19. The number of primary amides is 1. The number of hydrogen-bond acceptors (Lipinski definition) is 3. The lowest BCUT2D eigenvalue weighted by Gasteiger charge is -2.31. The average Bonchev–Trinajstić information content (AvgIpc) is 2.61. The second kappa shape index (κ2) is 8.80. The lowest BCUT2D eigenvalue weighted by atomic mass is 9.96. The van der Waals surface area contributed by atoms with E-state index in [9.17, 15) is 14.4 Å². The number of nitrogens with two attached hydrogens (primary N) is 1. The Morgan fingerprint density at radius 1 is 1.20 bits per heavy atom. The number of amides is 3. The predicted octanol–water partition coefficient (Wildman–Crippen LogP) is 1.97. The van der Waals surface area contributed by atoms with Crippen LogP contribution in [0.2, 0.25) is 0 Å². The molecule has 132 valence electrons. The Morgan fingerprint density at radius 2 is 1.80 bits per heavy atom. The minimum absolute atomic E-state index is 0.172. The molecule has 1 aromatic rings. The molecule has 3 amide bonds. The summed E-state index contributed by atoms with van der Waals surface area (Å²) in [4.78, 5) is 38.0. The number of rotatable bonds is 5. The maximum Gasteiger partial charge on any atom is 0.270 e. The Labute approximate surface area is 160 Å². The molecule has 0 radical (unpaired) electrons. The third-order valence-electron chi connectivity index (χ3n) is 4.00. The second-order valence-electron chi connectivity index (χ2n) is 5.79. The fraction of sp³-hybridized carbons (Fsp3) is 0.278. The normalized spacial score (nSPS) is 15.6. The van der Waals surface area contributed by atoms with E-state index in [0.29, 0.717) is 35.1 Å². The second-order valence-corrected chi connectivity index (χ2v) is 7.18. The zero-order chi connectivity index (χ0) is 18.4. The van der Waals surface area contributed by atoms with Gasteiger partial charge in [0.2, 0.25) is 5.91 Å². The molecule has 0 spiro atoms. The van der Waals surface area contributed by atoms with Crippen molar-refractivity contribution in [3.63, 3.8) is 0 Å². The largest absolute Gasteiger partial charge is 0.369 e. The van der Waals surface area contributed by atoms with Crippen LogP contribution in [-0.4, -0.2) is 35.7 Å². The summed E-state index contributed by atoms with van der Waals surface area (Å²) >= 11 is 1.98. The Hall–Kier alpha value is -2.16. The van der Waals surface area contributed by atoms with E-state index < -0.39 is 0 Å². The topological polar surface area (TPSA) is 92.5 Å². The summed E-state index contributed by atoms with van der Waals surface area (Å²) in [5, 5.41) is 2.67. The number of allylic oxidation sites excluding steroid dienone is 2. The molecular weight excluding hydrogens is 433 g/mol. The fourth-order valence-corrected chi connectivity index (χ4v) is 2.94. The summed E-state index contributed by atoms with van der Waals surface area (Å²) in [6.07, 6.45) is 2.61. The molecule has 1 aliphatic heterocycles. The molecule has 7 heteroatoms. The Balaban J connectivity index is 2.10. The van der Waals surface area contributed by atoms with Crippen LogP contribution in [0.4, 0.5) is 0 Å². The molecule has 0 aliphatic carbocycles. The Morgan fingerprint density at radius 3 is 2.32 bits per heavy atom. The van der Waals surface area contributed by atoms with Gasteiger partial charge in [0.15, 0.2) is 0 Å². The quantitative estimate of drug-likeness (QED) is 0.406. The van der Waals surface area contributed by atoms with E-state index in [2.05, 4.69) is 11.9 Å². The summed E-state index contributed by atoms with van der Waals surface area (Å²) in [5.41, 5.74) is 5.96. The van der Waals surface area contributed by atoms with Gasteiger partial charge in [0.05, 0.1) is 0 Å². The van der Waals surface area contributed by atoms with E-state index in [1.54, 1.807) is 35.2 Å². The number of hydrogen-bond donors (Lipinski definition) is 2. The van der Waals surface area contributed by atoms with E-state index >= 15 is 0 Å². The van der Waals surface area contributed by atoms with Crippen LogP contribution in [0.1, 0.15) is 23.2 Å². The monoisotopic (exact) mass is 453 g/mol. The van der Waals surface area contributed by atoms with Crippen molar-refractivity contribution in [1.82, 2.24) is 10.2 Å². The van der Waals surface area contributed by atoms with Crippen molar-refractivity contribution in [2.45, 2.75) is 12.8 Å². The summed E-state index contributed by atoms with van der Waals surface area (Å²) in [7, 11) is 0. The fourth-order valence-electron chi connectivity index (χ4n) is 2.63. The number of piperidine rings is 1. The van der Waals surface area contributed by atoms with Crippen molar-refractivity contribution in [2.75, 3.05) is 13.1 Å². The maximum absolute atomic E-state index is 12.8. The van der Waals surface area contributed by atoms with E-state index in [1.807, 2.05) is 28.7 Å². The highest BCUT2D eigenvalue weighted by Gasteiger charge is 2.28. The molecule has 1 aromatic carbocycles. The van der Waals surface area contributed by atoms with E-state index in [0.717, 1.165) is 0 Å². The minimum Gasteiger partial charge on any atom is -0.369 e. The lowest BCUT2D eigenvalue weighted by Crippen LogP contribution is -2.44. The van der Waals surface area contributed by atoms with Gasteiger partial charge in [-0.3, -0.25) is 14.4 Å². The van der Waals surface area contributed by atoms with Crippen molar-refractivity contribution in [2.24, 2.45) is 11.7 Å². The third-order valence-corrected chi connectivity index (χ3v) is 4.31. The van der Waals surface area contributed by atoms with Gasteiger partial charge in [-0.15, -0.1) is 0 Å². The molecule has 25 heavy (non-hydrogen) atoms. The first-order chi connectivity index (χ1) is 11.9. The van der Waals surface area contributed by atoms with Crippen molar-refractivity contribution in [1.29, 1.82) is 0 Å². The van der Waals surface area contributed by atoms with Crippen molar-refractivity contribution in [3.05, 3.63) is 57.8 Å². The van der Waals surface area contributed by atoms with Gasteiger partial charge in [0.25, 0.3) is 11.8 Å². The van der Waals surface area contributed by atoms with Gasteiger partial charge in [-0.1, -0.05) is 24.8 Å². The van der Waals surface area contributed by atoms with Gasteiger partial charge >= 0.3 is 0 Å². The van der Waals surface area contributed by atoms with Crippen LogP contribution < -0.4 is 11.1 Å². The maximum atomic E-state index is 12.8. The molecular formula is C18H20IN3O3. The van der Waals surface area contributed by atoms with Crippen LogP contribution in [0.15, 0.2) is 52.3 Å². The average molecular weight is 453 g/mol. The van der Waals surface area contributed by atoms with E-state index in [-0.39, 0.29) is 29.3 Å². The van der Waals surface area contributed by atoms with Crippen LogP contribution in [-0.2, 0) is 9.59 Å². The van der Waals surface area contributed by atoms with Crippen LogP contribution in [0.5, 0.6) is 0 Å².